The van der Waals surface area contributed by atoms with Crippen molar-refractivity contribution in [1.29, 1.82) is 0 Å². The van der Waals surface area contributed by atoms with Crippen LogP contribution in [0.1, 0.15) is 31.2 Å². The number of ether oxygens (including phenoxy) is 1. The molecule has 0 unspecified atom stereocenters. The molecule has 2 aliphatic rings. The Balaban J connectivity index is 1.73. The SMILES string of the molecule is C[Si](C)(C)O/C(=C\C[C@@H]1CCC[C@@H]2O[C@H]12)c1ccccc1. The second kappa shape index (κ2) is 5.97. The molecule has 3 rings (SSSR count). The van der Waals surface area contributed by atoms with Gasteiger partial charge in [0.2, 0.25) is 8.32 Å². The maximum atomic E-state index is 6.32. The highest BCUT2D eigenvalue weighted by Crippen LogP contribution is 2.42. The molecule has 1 aliphatic carbocycles. The van der Waals surface area contributed by atoms with Crippen LogP contribution in [0, 0.1) is 5.92 Å². The molecule has 1 aromatic carbocycles. The summed E-state index contributed by atoms with van der Waals surface area (Å²) in [4.78, 5) is 0. The van der Waals surface area contributed by atoms with Crippen LogP contribution in [-0.4, -0.2) is 20.5 Å². The minimum Gasteiger partial charge on any atom is -0.544 e. The fourth-order valence-corrected chi connectivity index (χ4v) is 4.07. The molecule has 0 amide bonds. The monoisotopic (exact) mass is 302 g/mol. The molecule has 3 atom stereocenters. The number of hydrogen-bond donors (Lipinski definition) is 0. The minimum absolute atomic E-state index is 0.527. The Bertz CT molecular complexity index is 504. The van der Waals surface area contributed by atoms with Gasteiger partial charge in [-0.15, -0.1) is 0 Å². The van der Waals surface area contributed by atoms with Crippen molar-refractivity contribution in [2.45, 2.75) is 57.5 Å². The quantitative estimate of drug-likeness (QED) is 0.441. The van der Waals surface area contributed by atoms with Gasteiger partial charge in [0.25, 0.3) is 0 Å². The summed E-state index contributed by atoms with van der Waals surface area (Å²) in [5, 5.41) is 0. The summed E-state index contributed by atoms with van der Waals surface area (Å²) in [5.74, 6) is 1.75. The van der Waals surface area contributed by atoms with Crippen molar-refractivity contribution in [2.24, 2.45) is 5.92 Å². The Labute approximate surface area is 129 Å². The molecule has 3 heteroatoms. The number of allylic oxidation sites excluding steroid dienone is 1. The van der Waals surface area contributed by atoms with E-state index in [1.54, 1.807) is 0 Å². The summed E-state index contributed by atoms with van der Waals surface area (Å²) < 4.78 is 12.1. The van der Waals surface area contributed by atoms with Gasteiger partial charge in [-0.05, 0) is 50.9 Å². The van der Waals surface area contributed by atoms with E-state index in [-0.39, 0.29) is 0 Å². The predicted molar refractivity (Wildman–Crippen MR) is 89.5 cm³/mol. The van der Waals surface area contributed by atoms with E-state index in [4.69, 9.17) is 9.16 Å². The lowest BCUT2D eigenvalue weighted by Gasteiger charge is -2.23. The van der Waals surface area contributed by atoms with Crippen LogP contribution < -0.4 is 0 Å². The lowest BCUT2D eigenvalue weighted by molar-refractivity contribution is 0.322. The first kappa shape index (κ1) is 14.9. The molecular weight excluding hydrogens is 276 g/mol. The first-order chi connectivity index (χ1) is 10.0. The summed E-state index contributed by atoms with van der Waals surface area (Å²) in [6.45, 7) is 6.72. The molecule has 1 aliphatic heterocycles. The van der Waals surface area contributed by atoms with Gasteiger partial charge < -0.3 is 9.16 Å². The average molecular weight is 302 g/mol. The zero-order chi connectivity index (χ0) is 14.9. The summed E-state index contributed by atoms with van der Waals surface area (Å²) in [7, 11) is -1.60. The van der Waals surface area contributed by atoms with E-state index in [1.807, 2.05) is 0 Å². The van der Waals surface area contributed by atoms with Crippen molar-refractivity contribution in [3.8, 4) is 0 Å². The highest BCUT2D eigenvalue weighted by Gasteiger charge is 2.46. The van der Waals surface area contributed by atoms with Crippen LogP contribution in [-0.2, 0) is 9.16 Å². The van der Waals surface area contributed by atoms with E-state index in [0.717, 1.165) is 12.2 Å². The van der Waals surface area contributed by atoms with Gasteiger partial charge in [0, 0.05) is 5.56 Å². The number of rotatable bonds is 5. The van der Waals surface area contributed by atoms with Crippen molar-refractivity contribution in [3.05, 3.63) is 42.0 Å². The van der Waals surface area contributed by atoms with E-state index < -0.39 is 8.32 Å². The first-order valence-corrected chi connectivity index (χ1v) is 11.5. The average Bonchev–Trinajstić information content (AvgIpc) is 3.23. The van der Waals surface area contributed by atoms with E-state index in [9.17, 15) is 0 Å². The largest absolute Gasteiger partial charge is 0.544 e. The Hall–Kier alpha value is -1.06. The lowest BCUT2D eigenvalue weighted by Crippen LogP contribution is -2.24. The van der Waals surface area contributed by atoms with Crippen LogP contribution in [0.15, 0.2) is 36.4 Å². The van der Waals surface area contributed by atoms with Crippen LogP contribution in [0.2, 0.25) is 19.6 Å². The molecule has 2 fully saturated rings. The highest BCUT2D eigenvalue weighted by atomic mass is 28.4. The molecule has 0 N–H and O–H groups in total. The molecule has 0 bridgehead atoms. The minimum atomic E-state index is -1.60. The maximum absolute atomic E-state index is 6.32. The Morgan fingerprint density at radius 1 is 1.24 bits per heavy atom. The van der Waals surface area contributed by atoms with Crippen LogP contribution in [0.5, 0.6) is 0 Å². The fraction of sp³-hybridized carbons (Fsp3) is 0.556. The third-order valence-corrected chi connectivity index (χ3v) is 5.06. The molecule has 0 aromatic heterocycles. The van der Waals surface area contributed by atoms with E-state index >= 15 is 0 Å². The Morgan fingerprint density at radius 2 is 2.00 bits per heavy atom. The summed E-state index contributed by atoms with van der Waals surface area (Å²) in [6, 6.07) is 10.5. The molecule has 2 nitrogen and oxygen atoms in total. The number of hydrogen-bond acceptors (Lipinski definition) is 2. The van der Waals surface area contributed by atoms with E-state index in [1.165, 1.54) is 24.8 Å². The fourth-order valence-electron chi connectivity index (χ4n) is 3.21. The predicted octanol–water partition coefficient (Wildman–Crippen LogP) is 4.84. The second-order valence-electron chi connectivity index (χ2n) is 7.21. The molecule has 21 heavy (non-hydrogen) atoms. The number of benzene rings is 1. The Morgan fingerprint density at radius 3 is 2.71 bits per heavy atom. The van der Waals surface area contributed by atoms with E-state index in [0.29, 0.717) is 18.1 Å². The van der Waals surface area contributed by atoms with Crippen molar-refractivity contribution in [3.63, 3.8) is 0 Å². The molecule has 0 radical (unpaired) electrons. The summed E-state index contributed by atoms with van der Waals surface area (Å²) >= 11 is 0. The van der Waals surface area contributed by atoms with Crippen molar-refractivity contribution < 1.29 is 9.16 Å². The van der Waals surface area contributed by atoms with Gasteiger partial charge >= 0.3 is 0 Å². The Kier molecular flexibility index (Phi) is 4.23. The molecule has 1 saturated carbocycles. The lowest BCUT2D eigenvalue weighted by atomic mass is 9.86. The summed E-state index contributed by atoms with van der Waals surface area (Å²) in [6.07, 6.45) is 8.36. The topological polar surface area (TPSA) is 21.8 Å². The third kappa shape index (κ3) is 3.98. The van der Waals surface area contributed by atoms with Gasteiger partial charge in [0.15, 0.2) is 0 Å². The van der Waals surface area contributed by atoms with Gasteiger partial charge in [0.05, 0.1) is 12.2 Å². The summed E-state index contributed by atoms with van der Waals surface area (Å²) in [5.41, 5.74) is 1.20. The number of fused-ring (bicyclic) bond motifs is 1. The van der Waals surface area contributed by atoms with E-state index in [2.05, 4.69) is 56.0 Å². The molecule has 1 aromatic rings. The van der Waals surface area contributed by atoms with Crippen LogP contribution in [0.3, 0.4) is 0 Å². The van der Waals surface area contributed by atoms with Crippen molar-refractivity contribution in [1.82, 2.24) is 0 Å². The van der Waals surface area contributed by atoms with Crippen LogP contribution in [0.25, 0.3) is 5.76 Å². The van der Waals surface area contributed by atoms with Gasteiger partial charge in [-0.2, -0.15) is 0 Å². The molecule has 114 valence electrons. The van der Waals surface area contributed by atoms with Crippen LogP contribution in [0.4, 0.5) is 0 Å². The normalized spacial score (nSPS) is 28.9. The molecule has 1 saturated heterocycles. The smallest absolute Gasteiger partial charge is 0.242 e. The van der Waals surface area contributed by atoms with Gasteiger partial charge in [-0.25, -0.2) is 0 Å². The zero-order valence-electron chi connectivity index (χ0n) is 13.3. The third-order valence-electron chi connectivity index (χ3n) is 4.23. The molecule has 1 heterocycles. The van der Waals surface area contributed by atoms with Crippen molar-refractivity contribution in [2.75, 3.05) is 0 Å². The van der Waals surface area contributed by atoms with Gasteiger partial charge in [-0.3, -0.25) is 0 Å². The number of epoxide rings is 1. The first-order valence-electron chi connectivity index (χ1n) is 8.13. The standard InChI is InChI=1S/C18H26O2Si/c1-21(2,3)20-16(14-8-5-4-6-9-14)13-12-15-10-7-11-17-18(15)19-17/h4-6,8-9,13,15,17-18H,7,10-12H2,1-3H3/b16-13-/t15-,17-,18+/m0/s1. The van der Waals surface area contributed by atoms with Crippen LogP contribution >= 0.6 is 0 Å². The highest BCUT2D eigenvalue weighted by molar-refractivity contribution is 6.70. The van der Waals surface area contributed by atoms with Gasteiger partial charge in [-0.1, -0.05) is 36.8 Å². The second-order valence-corrected chi connectivity index (χ2v) is 11.6. The van der Waals surface area contributed by atoms with Crippen molar-refractivity contribution >= 4 is 14.1 Å². The molecular formula is C18H26O2Si. The zero-order valence-corrected chi connectivity index (χ0v) is 14.3. The maximum Gasteiger partial charge on any atom is 0.242 e. The molecule has 0 spiro atoms. The van der Waals surface area contributed by atoms with Gasteiger partial charge in [0.1, 0.15) is 5.76 Å².